The second-order valence-electron chi connectivity index (χ2n) is 8.52. The van der Waals surface area contributed by atoms with Gasteiger partial charge in [-0.2, -0.15) is 0 Å². The van der Waals surface area contributed by atoms with Crippen LogP contribution >= 0.6 is 11.3 Å². The van der Waals surface area contributed by atoms with Gasteiger partial charge in [0.05, 0.1) is 13.5 Å². The fraction of sp³-hybridized carbons (Fsp3) is 0.333. The van der Waals surface area contributed by atoms with Crippen molar-refractivity contribution in [3.05, 3.63) is 82.3 Å². The number of nitrogens with one attached hydrogen (secondary N) is 1. The Bertz CT molecular complexity index is 1100. The molecule has 34 heavy (non-hydrogen) atoms. The minimum atomic E-state index is -0.943. The summed E-state index contributed by atoms with van der Waals surface area (Å²) in [6, 6.07) is 15.9. The highest BCUT2D eigenvalue weighted by molar-refractivity contribution is 7.10. The Kier molecular flexibility index (Phi) is 7.95. The summed E-state index contributed by atoms with van der Waals surface area (Å²) in [7, 11) is 1.56. The molecule has 1 saturated carbocycles. The number of methoxy groups -OCH3 is 1. The van der Waals surface area contributed by atoms with Gasteiger partial charge in [0, 0.05) is 22.7 Å². The molecule has 5 nitrogen and oxygen atoms in total. The number of nitrogens with zero attached hydrogens (tertiary/aromatic N) is 1. The van der Waals surface area contributed by atoms with E-state index in [1.165, 1.54) is 34.8 Å². The molecular weight excluding hydrogens is 451 g/mol. The molecule has 0 bridgehead atoms. The summed E-state index contributed by atoms with van der Waals surface area (Å²) in [6.07, 6.45) is 5.31. The van der Waals surface area contributed by atoms with E-state index >= 15 is 0 Å². The highest BCUT2D eigenvalue weighted by Gasteiger charge is 2.34. The van der Waals surface area contributed by atoms with Gasteiger partial charge >= 0.3 is 0 Å². The fourth-order valence-electron chi connectivity index (χ4n) is 4.43. The quantitative estimate of drug-likeness (QED) is 0.453. The molecule has 2 aromatic carbocycles. The number of hydrogen-bond donors (Lipinski definition) is 1. The van der Waals surface area contributed by atoms with E-state index in [1.54, 1.807) is 43.5 Å². The number of halogens is 1. The first kappa shape index (κ1) is 24.0. The summed E-state index contributed by atoms with van der Waals surface area (Å²) < 4.78 is 19.1. The van der Waals surface area contributed by atoms with Gasteiger partial charge in [0.25, 0.3) is 0 Å². The fourth-order valence-corrected chi connectivity index (χ4v) is 5.13. The second kappa shape index (κ2) is 11.3. The smallest absolute Gasteiger partial charge is 0.248 e. The zero-order chi connectivity index (χ0) is 23.9. The normalized spacial score (nSPS) is 14.9. The predicted octanol–water partition coefficient (Wildman–Crippen LogP) is 5.66. The molecule has 0 unspecified atom stereocenters. The monoisotopic (exact) mass is 480 g/mol. The van der Waals surface area contributed by atoms with Crippen LogP contribution < -0.4 is 15.0 Å². The molecule has 2 amide bonds. The van der Waals surface area contributed by atoms with Crippen LogP contribution in [0.5, 0.6) is 5.75 Å². The molecule has 1 heterocycles. The summed E-state index contributed by atoms with van der Waals surface area (Å²) in [5.41, 5.74) is 1.10. The molecule has 1 atom stereocenters. The first-order valence-electron chi connectivity index (χ1n) is 11.6. The van der Waals surface area contributed by atoms with Gasteiger partial charge in [0.1, 0.15) is 17.6 Å². The lowest BCUT2D eigenvalue weighted by molar-refractivity contribution is -0.127. The first-order valence-corrected chi connectivity index (χ1v) is 12.5. The minimum absolute atomic E-state index is 0.0729. The molecule has 178 valence electrons. The van der Waals surface area contributed by atoms with Gasteiger partial charge in [0.15, 0.2) is 0 Å². The van der Waals surface area contributed by atoms with Crippen molar-refractivity contribution >= 4 is 28.8 Å². The Labute approximate surface area is 203 Å². The third-order valence-corrected chi connectivity index (χ3v) is 7.03. The Morgan fingerprint density at radius 3 is 2.53 bits per heavy atom. The van der Waals surface area contributed by atoms with Crippen LogP contribution in [-0.4, -0.2) is 25.0 Å². The number of thiophene rings is 1. The maximum Gasteiger partial charge on any atom is 0.248 e. The van der Waals surface area contributed by atoms with Crippen molar-refractivity contribution in [2.24, 2.45) is 0 Å². The number of benzene rings is 2. The molecule has 7 heteroatoms. The number of anilines is 1. The van der Waals surface area contributed by atoms with Gasteiger partial charge in [-0.1, -0.05) is 43.5 Å². The standard InChI is InChI=1S/C27H29FN2O3S/c1-33-23-10-5-9-22(17-23)30(25(31)18-24-11-6-16-34-24)26(19-12-14-20(28)15-13-19)27(32)29-21-7-3-2-4-8-21/h5-6,9-17,21,26H,2-4,7-8,18H2,1H3,(H,29,32)/t26-/m1/s1. The molecule has 3 aromatic rings. The van der Waals surface area contributed by atoms with E-state index in [2.05, 4.69) is 5.32 Å². The predicted molar refractivity (Wildman–Crippen MR) is 133 cm³/mol. The van der Waals surface area contributed by atoms with Crippen LogP contribution in [0.3, 0.4) is 0 Å². The molecule has 4 rings (SSSR count). The largest absolute Gasteiger partial charge is 0.497 e. The molecule has 1 aliphatic rings. The van der Waals surface area contributed by atoms with Crippen molar-refractivity contribution in [3.8, 4) is 5.75 Å². The zero-order valence-electron chi connectivity index (χ0n) is 19.2. The lowest BCUT2D eigenvalue weighted by Crippen LogP contribution is -2.47. The van der Waals surface area contributed by atoms with Gasteiger partial charge in [0.2, 0.25) is 11.8 Å². The van der Waals surface area contributed by atoms with E-state index in [9.17, 15) is 14.0 Å². The van der Waals surface area contributed by atoms with Crippen molar-refractivity contribution < 1.29 is 18.7 Å². The first-order chi connectivity index (χ1) is 16.5. The van der Waals surface area contributed by atoms with Crippen molar-refractivity contribution in [1.82, 2.24) is 5.32 Å². The second-order valence-corrected chi connectivity index (χ2v) is 9.55. The van der Waals surface area contributed by atoms with Crippen LogP contribution in [0.2, 0.25) is 0 Å². The van der Waals surface area contributed by atoms with Gasteiger partial charge in [-0.15, -0.1) is 11.3 Å². The van der Waals surface area contributed by atoms with Crippen LogP contribution in [0.1, 0.15) is 48.6 Å². The maximum atomic E-state index is 13.8. The Morgan fingerprint density at radius 1 is 1.09 bits per heavy atom. The van der Waals surface area contributed by atoms with Gasteiger partial charge in [-0.05, 0) is 54.1 Å². The number of amides is 2. The highest BCUT2D eigenvalue weighted by Crippen LogP contribution is 2.32. The summed E-state index contributed by atoms with van der Waals surface area (Å²) >= 11 is 1.50. The molecular formula is C27H29FN2O3S. The third-order valence-electron chi connectivity index (χ3n) is 6.15. The topological polar surface area (TPSA) is 58.6 Å². The van der Waals surface area contributed by atoms with Crippen LogP contribution in [0.25, 0.3) is 0 Å². The molecule has 0 radical (unpaired) electrons. The SMILES string of the molecule is COc1cccc(N(C(=O)Cc2cccs2)[C@@H](C(=O)NC2CCCCC2)c2ccc(F)cc2)c1. The molecule has 1 N–H and O–H groups in total. The molecule has 0 aliphatic heterocycles. The molecule has 1 fully saturated rings. The minimum Gasteiger partial charge on any atom is -0.497 e. The summed E-state index contributed by atoms with van der Waals surface area (Å²) in [5, 5.41) is 5.09. The van der Waals surface area contributed by atoms with E-state index in [0.717, 1.165) is 30.6 Å². The number of hydrogen-bond acceptors (Lipinski definition) is 4. The Balaban J connectivity index is 1.75. The van der Waals surface area contributed by atoms with E-state index in [-0.39, 0.29) is 24.3 Å². The third kappa shape index (κ3) is 5.83. The van der Waals surface area contributed by atoms with E-state index in [4.69, 9.17) is 4.74 Å². The Morgan fingerprint density at radius 2 is 1.85 bits per heavy atom. The summed E-state index contributed by atoms with van der Waals surface area (Å²) in [4.78, 5) is 29.9. The van der Waals surface area contributed by atoms with Crippen molar-refractivity contribution in [3.63, 3.8) is 0 Å². The lowest BCUT2D eigenvalue weighted by Gasteiger charge is -2.33. The number of ether oxygens (including phenoxy) is 1. The molecule has 0 saturated heterocycles. The van der Waals surface area contributed by atoms with Crippen molar-refractivity contribution in [2.45, 2.75) is 50.6 Å². The average Bonchev–Trinajstić information content (AvgIpc) is 3.36. The van der Waals surface area contributed by atoms with Gasteiger partial charge in [-0.25, -0.2) is 4.39 Å². The van der Waals surface area contributed by atoms with Crippen molar-refractivity contribution in [2.75, 3.05) is 12.0 Å². The van der Waals surface area contributed by atoms with Gasteiger partial charge in [-0.3, -0.25) is 14.5 Å². The van der Waals surface area contributed by atoms with Crippen LogP contribution in [0.4, 0.5) is 10.1 Å². The number of carbonyl (C=O) groups is 2. The maximum absolute atomic E-state index is 13.8. The van der Waals surface area contributed by atoms with E-state index < -0.39 is 11.9 Å². The highest BCUT2D eigenvalue weighted by atomic mass is 32.1. The van der Waals surface area contributed by atoms with Crippen LogP contribution in [0, 0.1) is 5.82 Å². The summed E-state index contributed by atoms with van der Waals surface area (Å²) in [5.74, 6) is -0.297. The zero-order valence-corrected chi connectivity index (χ0v) is 20.0. The van der Waals surface area contributed by atoms with Crippen molar-refractivity contribution in [1.29, 1.82) is 0 Å². The van der Waals surface area contributed by atoms with Gasteiger partial charge < -0.3 is 10.1 Å². The summed E-state index contributed by atoms with van der Waals surface area (Å²) in [6.45, 7) is 0. The Hall–Kier alpha value is -3.19. The number of rotatable bonds is 8. The molecule has 0 spiro atoms. The molecule has 1 aliphatic carbocycles. The van der Waals surface area contributed by atoms with Crippen LogP contribution in [-0.2, 0) is 16.0 Å². The van der Waals surface area contributed by atoms with E-state index in [1.807, 2.05) is 17.5 Å². The van der Waals surface area contributed by atoms with E-state index in [0.29, 0.717) is 17.0 Å². The van der Waals surface area contributed by atoms with Crippen LogP contribution in [0.15, 0.2) is 66.0 Å². The number of carbonyl (C=O) groups excluding carboxylic acids is 2. The molecule has 1 aromatic heterocycles. The average molecular weight is 481 g/mol. The lowest BCUT2D eigenvalue weighted by atomic mass is 9.94.